The van der Waals surface area contributed by atoms with Gasteiger partial charge in [-0.1, -0.05) is 11.8 Å². The van der Waals surface area contributed by atoms with Crippen LogP contribution in [0.4, 0.5) is 0 Å². The van der Waals surface area contributed by atoms with E-state index in [-0.39, 0.29) is 0 Å². The van der Waals surface area contributed by atoms with Crippen molar-refractivity contribution in [3.05, 3.63) is 33.5 Å². The quantitative estimate of drug-likeness (QED) is 0.544. The van der Waals surface area contributed by atoms with E-state index in [0.29, 0.717) is 6.04 Å². The maximum Gasteiger partial charge on any atom is 0.0875 e. The van der Waals surface area contributed by atoms with Crippen molar-refractivity contribution in [1.29, 1.82) is 0 Å². The zero-order chi connectivity index (χ0) is 9.71. The highest BCUT2D eigenvalue weighted by molar-refractivity contribution is 8.06. The van der Waals surface area contributed by atoms with Crippen LogP contribution in [-0.4, -0.2) is 18.1 Å². The summed E-state index contributed by atoms with van der Waals surface area (Å²) in [5.41, 5.74) is 13.4. The minimum absolute atomic E-state index is 0.317. The summed E-state index contributed by atoms with van der Waals surface area (Å²) in [6.07, 6.45) is 2.06. The summed E-state index contributed by atoms with van der Waals surface area (Å²) in [6.45, 7) is 2.10. The van der Waals surface area contributed by atoms with E-state index >= 15 is 0 Å². The van der Waals surface area contributed by atoms with Crippen LogP contribution in [0.1, 0.15) is 6.92 Å². The van der Waals surface area contributed by atoms with Gasteiger partial charge in [-0.15, -0.1) is 0 Å². The van der Waals surface area contributed by atoms with Gasteiger partial charge >= 0.3 is 0 Å². The number of hydrogen-bond donors (Lipinski definition) is 3. The first-order valence-electron chi connectivity index (χ1n) is 4.57. The van der Waals surface area contributed by atoms with Crippen LogP contribution in [0.5, 0.6) is 0 Å². The van der Waals surface area contributed by atoms with Crippen molar-refractivity contribution >= 4 is 11.8 Å². The second kappa shape index (κ2) is 2.71. The Morgan fingerprint density at radius 3 is 3.21 bits per heavy atom. The third-order valence-electron chi connectivity index (χ3n) is 2.72. The van der Waals surface area contributed by atoms with E-state index in [2.05, 4.69) is 34.8 Å². The molecule has 3 rings (SSSR count). The van der Waals surface area contributed by atoms with Gasteiger partial charge in [-0.25, -0.2) is 5.43 Å². The van der Waals surface area contributed by atoms with Gasteiger partial charge in [0.2, 0.25) is 0 Å². The fraction of sp³-hybridized carbons (Fsp3) is 0.333. The highest BCUT2D eigenvalue weighted by Crippen LogP contribution is 2.40. The van der Waals surface area contributed by atoms with Gasteiger partial charge in [-0.2, -0.15) is 0 Å². The number of likely N-dealkylation sites (N-methyl/N-ethyl adjacent to an activating group) is 1. The van der Waals surface area contributed by atoms with Gasteiger partial charge in [0.1, 0.15) is 0 Å². The molecule has 0 amide bonds. The van der Waals surface area contributed by atoms with Crippen LogP contribution in [0.25, 0.3) is 0 Å². The minimum atomic E-state index is 0.317. The lowest BCUT2D eigenvalue weighted by Gasteiger charge is -2.23. The largest absolute Gasteiger partial charge is 0.324 e. The maximum absolute atomic E-state index is 3.28. The average Bonchev–Trinajstić information content (AvgIpc) is 2.72. The third kappa shape index (κ3) is 0.936. The van der Waals surface area contributed by atoms with Crippen LogP contribution < -0.4 is 16.3 Å². The Labute approximate surface area is 87.0 Å². The fourth-order valence-electron chi connectivity index (χ4n) is 1.90. The SMILES string of the molecule is CC1=C2SC=C3C(=CNN3C)C2NN1. The molecule has 0 fully saturated rings. The Morgan fingerprint density at radius 2 is 2.36 bits per heavy atom. The van der Waals surface area contributed by atoms with Gasteiger partial charge in [0.25, 0.3) is 0 Å². The number of allylic oxidation sites excluding steroid dienone is 1. The highest BCUT2D eigenvalue weighted by atomic mass is 32.2. The first-order valence-corrected chi connectivity index (χ1v) is 5.45. The van der Waals surface area contributed by atoms with E-state index in [1.165, 1.54) is 21.9 Å². The molecule has 3 heterocycles. The molecule has 3 aliphatic rings. The van der Waals surface area contributed by atoms with Crippen molar-refractivity contribution in [2.45, 2.75) is 13.0 Å². The van der Waals surface area contributed by atoms with E-state index in [9.17, 15) is 0 Å². The summed E-state index contributed by atoms with van der Waals surface area (Å²) in [5.74, 6) is 0. The van der Waals surface area contributed by atoms with Gasteiger partial charge in [0.15, 0.2) is 0 Å². The summed E-state index contributed by atoms with van der Waals surface area (Å²) < 4.78 is 0. The second-order valence-corrected chi connectivity index (χ2v) is 4.51. The Balaban J connectivity index is 2.05. The molecule has 3 N–H and O–H groups in total. The van der Waals surface area contributed by atoms with Crippen molar-refractivity contribution in [3.8, 4) is 0 Å². The molecule has 4 nitrogen and oxygen atoms in total. The molecule has 1 unspecified atom stereocenters. The fourth-order valence-corrected chi connectivity index (χ4v) is 2.98. The first-order chi connectivity index (χ1) is 6.77. The van der Waals surface area contributed by atoms with Gasteiger partial charge in [-0.05, 0) is 6.92 Å². The third-order valence-corrected chi connectivity index (χ3v) is 3.85. The normalized spacial score (nSPS) is 29.0. The standard InChI is InChI=1S/C9H12N4S/c1-5-9-8(12-11-5)6-3-10-13(2)7(6)4-14-9/h3-4,8,10-12H,1-2H3. The monoisotopic (exact) mass is 208 g/mol. The van der Waals surface area contributed by atoms with Crippen molar-refractivity contribution in [2.24, 2.45) is 0 Å². The molecule has 0 saturated heterocycles. The second-order valence-electron chi connectivity index (χ2n) is 3.60. The van der Waals surface area contributed by atoms with Crippen LogP contribution in [-0.2, 0) is 0 Å². The maximum atomic E-state index is 3.28. The molecule has 0 radical (unpaired) electrons. The van der Waals surface area contributed by atoms with Crippen molar-refractivity contribution in [1.82, 2.24) is 21.3 Å². The molecule has 0 aromatic heterocycles. The molecule has 3 aliphatic heterocycles. The zero-order valence-corrected chi connectivity index (χ0v) is 8.90. The van der Waals surface area contributed by atoms with E-state index < -0.39 is 0 Å². The Morgan fingerprint density at radius 1 is 1.50 bits per heavy atom. The lowest BCUT2D eigenvalue weighted by molar-refractivity contribution is 0.382. The summed E-state index contributed by atoms with van der Waals surface area (Å²) in [5, 5.41) is 4.23. The van der Waals surface area contributed by atoms with Crippen molar-refractivity contribution in [3.63, 3.8) is 0 Å². The smallest absolute Gasteiger partial charge is 0.0875 e. The molecule has 0 aromatic rings. The molecule has 0 bridgehead atoms. The molecule has 1 atom stereocenters. The molecule has 74 valence electrons. The molecule has 0 aliphatic carbocycles. The predicted octanol–water partition coefficient (Wildman–Crippen LogP) is 0.616. The number of hydrazine groups is 2. The van der Waals surface area contributed by atoms with E-state index in [4.69, 9.17) is 0 Å². The van der Waals surface area contributed by atoms with Gasteiger partial charge in [0.05, 0.1) is 11.7 Å². The number of nitrogens with one attached hydrogen (secondary N) is 3. The van der Waals surface area contributed by atoms with Gasteiger partial charge < -0.3 is 10.9 Å². The van der Waals surface area contributed by atoms with E-state index in [1.54, 1.807) is 11.8 Å². The molecular formula is C9H12N4S. The minimum Gasteiger partial charge on any atom is -0.324 e. The van der Waals surface area contributed by atoms with Gasteiger partial charge in [-0.3, -0.25) is 5.01 Å². The number of hydrogen-bond acceptors (Lipinski definition) is 5. The summed E-state index contributed by atoms with van der Waals surface area (Å²) in [4.78, 5) is 1.37. The number of rotatable bonds is 0. The summed E-state index contributed by atoms with van der Waals surface area (Å²) in [6, 6.07) is 0.317. The lowest BCUT2D eigenvalue weighted by atomic mass is 10.1. The van der Waals surface area contributed by atoms with Crippen LogP contribution >= 0.6 is 11.8 Å². The van der Waals surface area contributed by atoms with Crippen molar-refractivity contribution in [2.75, 3.05) is 7.05 Å². The summed E-state index contributed by atoms with van der Waals surface area (Å²) >= 11 is 1.79. The Bertz CT molecular complexity index is 382. The number of thioether (sulfide) groups is 1. The van der Waals surface area contributed by atoms with Crippen LogP contribution in [0.2, 0.25) is 0 Å². The van der Waals surface area contributed by atoms with E-state index in [1.807, 2.05) is 12.1 Å². The van der Waals surface area contributed by atoms with Crippen molar-refractivity contribution < 1.29 is 0 Å². The first kappa shape index (κ1) is 8.26. The lowest BCUT2D eigenvalue weighted by Crippen LogP contribution is -2.35. The molecule has 0 aromatic carbocycles. The van der Waals surface area contributed by atoms with Crippen LogP contribution in [0.15, 0.2) is 33.5 Å². The molecule has 14 heavy (non-hydrogen) atoms. The molecular weight excluding hydrogens is 196 g/mol. The highest BCUT2D eigenvalue weighted by Gasteiger charge is 2.35. The van der Waals surface area contributed by atoms with E-state index in [0.717, 1.165) is 0 Å². The zero-order valence-electron chi connectivity index (χ0n) is 8.09. The topological polar surface area (TPSA) is 39.3 Å². The number of nitrogens with zero attached hydrogens (tertiary/aromatic N) is 1. The Hall–Kier alpha value is -1.07. The predicted molar refractivity (Wildman–Crippen MR) is 57.4 cm³/mol. The molecule has 5 heteroatoms. The van der Waals surface area contributed by atoms with Gasteiger partial charge in [0, 0.05) is 34.8 Å². The average molecular weight is 208 g/mol. The summed E-state index contributed by atoms with van der Waals surface area (Å²) in [7, 11) is 2.03. The van der Waals surface area contributed by atoms with Crippen LogP contribution in [0.3, 0.4) is 0 Å². The molecule has 0 saturated carbocycles. The van der Waals surface area contributed by atoms with Crippen LogP contribution in [0, 0.1) is 0 Å². The molecule has 0 spiro atoms. The Kier molecular flexibility index (Phi) is 1.60. The number of fused-ring (bicyclic) bond motifs is 3.